The number of amides is 1. The monoisotopic (exact) mass is 284 g/mol. The highest BCUT2D eigenvalue weighted by atomic mass is 32.1. The van der Waals surface area contributed by atoms with Crippen LogP contribution in [0.25, 0.3) is 0 Å². The number of carbonyl (C=O) groups is 1. The number of hydrogen-bond acceptors (Lipinski definition) is 2. The Morgan fingerprint density at radius 2 is 1.70 bits per heavy atom. The number of nitrogens with zero attached hydrogens (tertiary/aromatic N) is 1. The summed E-state index contributed by atoms with van der Waals surface area (Å²) in [7, 11) is 1.74. The van der Waals surface area contributed by atoms with Gasteiger partial charge in [-0.05, 0) is 17.7 Å². The highest BCUT2D eigenvalue weighted by molar-refractivity contribution is 7.80. The minimum absolute atomic E-state index is 0.0000926. The maximum absolute atomic E-state index is 12.3. The van der Waals surface area contributed by atoms with Crippen molar-refractivity contribution in [3.05, 3.63) is 65.7 Å². The maximum Gasteiger partial charge on any atom is 0.231 e. The molecule has 102 valence electrons. The third kappa shape index (κ3) is 3.22. The molecule has 0 saturated heterocycles. The van der Waals surface area contributed by atoms with E-state index in [1.165, 1.54) is 0 Å². The number of anilines is 1. The minimum atomic E-state index is -0.0000926. The van der Waals surface area contributed by atoms with Crippen LogP contribution in [0.4, 0.5) is 5.69 Å². The van der Waals surface area contributed by atoms with Crippen LogP contribution in [-0.4, -0.2) is 17.9 Å². The molecule has 3 nitrogen and oxygen atoms in total. The summed E-state index contributed by atoms with van der Waals surface area (Å²) in [6.07, 6.45) is 0.350. The van der Waals surface area contributed by atoms with E-state index in [4.69, 9.17) is 18.0 Å². The predicted octanol–water partition coefficient (Wildman–Crippen LogP) is 2.53. The summed E-state index contributed by atoms with van der Waals surface area (Å²) in [5, 5.41) is 0. The Bertz CT molecular complexity index is 625. The van der Waals surface area contributed by atoms with E-state index >= 15 is 0 Å². The quantitative estimate of drug-likeness (QED) is 0.878. The van der Waals surface area contributed by atoms with Crippen molar-refractivity contribution >= 4 is 28.8 Å². The number of rotatable bonds is 4. The average Bonchev–Trinajstić information content (AvgIpc) is 2.47. The van der Waals surface area contributed by atoms with Crippen LogP contribution >= 0.6 is 12.2 Å². The van der Waals surface area contributed by atoms with E-state index in [2.05, 4.69) is 0 Å². The molecule has 2 aromatic rings. The second-order valence-electron chi connectivity index (χ2n) is 4.50. The van der Waals surface area contributed by atoms with Crippen LogP contribution in [-0.2, 0) is 11.2 Å². The number of carbonyl (C=O) groups excluding carboxylic acids is 1. The zero-order chi connectivity index (χ0) is 14.5. The van der Waals surface area contributed by atoms with Gasteiger partial charge in [0.25, 0.3) is 0 Å². The van der Waals surface area contributed by atoms with Crippen LogP contribution in [0.3, 0.4) is 0 Å². The van der Waals surface area contributed by atoms with E-state index in [9.17, 15) is 4.79 Å². The molecule has 0 bridgehead atoms. The Hall–Kier alpha value is -2.20. The Labute approximate surface area is 124 Å². The summed E-state index contributed by atoms with van der Waals surface area (Å²) in [4.78, 5) is 14.2. The van der Waals surface area contributed by atoms with Crippen LogP contribution in [0.1, 0.15) is 11.1 Å². The molecular weight excluding hydrogens is 268 g/mol. The number of thiocarbonyl (C=S) groups is 1. The molecule has 4 heteroatoms. The van der Waals surface area contributed by atoms with Crippen LogP contribution in [0.15, 0.2) is 54.6 Å². The molecule has 0 atom stereocenters. The third-order valence-electron chi connectivity index (χ3n) is 3.10. The van der Waals surface area contributed by atoms with Gasteiger partial charge in [-0.2, -0.15) is 0 Å². The molecule has 20 heavy (non-hydrogen) atoms. The molecule has 0 saturated carbocycles. The van der Waals surface area contributed by atoms with Crippen molar-refractivity contribution < 1.29 is 4.79 Å². The zero-order valence-corrected chi connectivity index (χ0v) is 12.1. The fourth-order valence-corrected chi connectivity index (χ4v) is 2.17. The Balaban J connectivity index is 2.21. The molecule has 0 heterocycles. The summed E-state index contributed by atoms with van der Waals surface area (Å²) in [5.41, 5.74) is 8.13. The first-order chi connectivity index (χ1) is 9.59. The summed E-state index contributed by atoms with van der Waals surface area (Å²) in [6, 6.07) is 17.0. The summed E-state index contributed by atoms with van der Waals surface area (Å²) < 4.78 is 0. The first-order valence-corrected chi connectivity index (χ1v) is 6.69. The number of para-hydroxylation sites is 1. The van der Waals surface area contributed by atoms with Crippen LogP contribution in [0.5, 0.6) is 0 Å². The summed E-state index contributed by atoms with van der Waals surface area (Å²) in [6.45, 7) is 0. The highest BCUT2D eigenvalue weighted by Crippen LogP contribution is 2.20. The summed E-state index contributed by atoms with van der Waals surface area (Å²) >= 11 is 5.02. The smallest absolute Gasteiger partial charge is 0.231 e. The molecule has 0 aliphatic rings. The molecular formula is C16H16N2OS. The summed E-state index contributed by atoms with van der Waals surface area (Å²) in [5.74, 6) is -0.0000926. The van der Waals surface area contributed by atoms with Gasteiger partial charge in [0.1, 0.15) is 4.99 Å². The van der Waals surface area contributed by atoms with Gasteiger partial charge in [0.05, 0.1) is 12.1 Å². The largest absolute Gasteiger partial charge is 0.389 e. The van der Waals surface area contributed by atoms with Gasteiger partial charge >= 0.3 is 0 Å². The molecule has 0 aromatic heterocycles. The first-order valence-electron chi connectivity index (χ1n) is 6.29. The van der Waals surface area contributed by atoms with Gasteiger partial charge in [-0.1, -0.05) is 54.7 Å². The van der Waals surface area contributed by atoms with Crippen molar-refractivity contribution in [1.82, 2.24) is 0 Å². The Kier molecular flexibility index (Phi) is 4.48. The van der Waals surface area contributed by atoms with Gasteiger partial charge in [-0.3, -0.25) is 4.79 Å². The van der Waals surface area contributed by atoms with Crippen LogP contribution < -0.4 is 10.6 Å². The molecule has 1 amide bonds. The van der Waals surface area contributed by atoms with Gasteiger partial charge < -0.3 is 10.6 Å². The van der Waals surface area contributed by atoms with Crippen LogP contribution in [0.2, 0.25) is 0 Å². The highest BCUT2D eigenvalue weighted by Gasteiger charge is 2.15. The van der Waals surface area contributed by atoms with Gasteiger partial charge in [0.2, 0.25) is 5.91 Å². The lowest BCUT2D eigenvalue weighted by Gasteiger charge is -2.20. The topological polar surface area (TPSA) is 46.3 Å². The van der Waals surface area contributed by atoms with Gasteiger partial charge in [0, 0.05) is 12.6 Å². The van der Waals surface area contributed by atoms with E-state index < -0.39 is 0 Å². The number of nitrogens with two attached hydrogens (primary N) is 1. The zero-order valence-electron chi connectivity index (χ0n) is 11.2. The lowest BCUT2D eigenvalue weighted by molar-refractivity contribution is -0.117. The minimum Gasteiger partial charge on any atom is -0.389 e. The Morgan fingerprint density at radius 1 is 1.10 bits per heavy atom. The van der Waals surface area contributed by atoms with E-state index in [-0.39, 0.29) is 5.91 Å². The van der Waals surface area contributed by atoms with Crippen molar-refractivity contribution in [1.29, 1.82) is 0 Å². The van der Waals surface area contributed by atoms with E-state index in [1.54, 1.807) is 11.9 Å². The van der Waals surface area contributed by atoms with Crippen molar-refractivity contribution in [3.8, 4) is 0 Å². The standard InChI is InChI=1S/C16H16N2OS/c1-18(14-10-6-5-9-13(14)16(17)20)15(19)11-12-7-3-2-4-8-12/h2-10H,11H2,1H3,(H2,17,20). The van der Waals surface area contributed by atoms with Crippen molar-refractivity contribution in [2.75, 3.05) is 11.9 Å². The second-order valence-corrected chi connectivity index (χ2v) is 4.94. The van der Waals surface area contributed by atoms with E-state index in [0.717, 1.165) is 11.3 Å². The number of benzene rings is 2. The van der Waals surface area contributed by atoms with E-state index in [0.29, 0.717) is 17.0 Å². The third-order valence-corrected chi connectivity index (χ3v) is 3.32. The number of likely N-dealkylation sites (N-methyl/N-ethyl adjacent to an activating group) is 1. The molecule has 2 rings (SSSR count). The lowest BCUT2D eigenvalue weighted by Crippen LogP contribution is -2.30. The molecule has 0 unspecified atom stereocenters. The fraction of sp³-hybridized carbons (Fsp3) is 0.125. The van der Waals surface area contributed by atoms with Gasteiger partial charge in [0.15, 0.2) is 0 Å². The molecule has 0 aliphatic carbocycles. The molecule has 2 aromatic carbocycles. The average molecular weight is 284 g/mol. The fourth-order valence-electron chi connectivity index (χ4n) is 2.00. The molecule has 0 aliphatic heterocycles. The second kappa shape index (κ2) is 6.30. The van der Waals surface area contributed by atoms with Gasteiger partial charge in [-0.25, -0.2) is 0 Å². The predicted molar refractivity (Wildman–Crippen MR) is 85.9 cm³/mol. The molecule has 0 spiro atoms. The molecule has 0 radical (unpaired) electrons. The normalized spacial score (nSPS) is 10.1. The maximum atomic E-state index is 12.3. The lowest BCUT2D eigenvalue weighted by atomic mass is 10.1. The SMILES string of the molecule is CN(C(=O)Cc1ccccc1)c1ccccc1C(N)=S. The van der Waals surface area contributed by atoms with E-state index in [1.807, 2.05) is 54.6 Å². The molecule has 2 N–H and O–H groups in total. The molecule has 0 fully saturated rings. The van der Waals surface area contributed by atoms with Crippen molar-refractivity contribution in [2.45, 2.75) is 6.42 Å². The van der Waals surface area contributed by atoms with Crippen molar-refractivity contribution in [3.63, 3.8) is 0 Å². The van der Waals surface area contributed by atoms with Crippen molar-refractivity contribution in [2.24, 2.45) is 5.73 Å². The number of hydrogen-bond donors (Lipinski definition) is 1. The first kappa shape index (κ1) is 14.2. The van der Waals surface area contributed by atoms with Crippen LogP contribution in [0, 0.1) is 0 Å². The Morgan fingerprint density at radius 3 is 2.35 bits per heavy atom. The van der Waals surface area contributed by atoms with Gasteiger partial charge in [-0.15, -0.1) is 0 Å².